The monoisotopic (exact) mass is 305 g/mol. The number of hydrazone groups is 1. The molecule has 111 valence electrons. The molecule has 9 nitrogen and oxygen atoms in total. The van der Waals surface area contributed by atoms with Crippen LogP contribution in [0, 0.1) is 6.73 Å². The van der Waals surface area contributed by atoms with Gasteiger partial charge >= 0.3 is 0 Å². The van der Waals surface area contributed by atoms with Gasteiger partial charge in [0.05, 0.1) is 5.69 Å². The smallest absolute Gasteiger partial charge is 0.261 e. The average Bonchev–Trinajstić information content (AvgIpc) is 3.14. The van der Waals surface area contributed by atoms with Crippen LogP contribution in [0.2, 0.25) is 0 Å². The maximum absolute atomic E-state index is 5.39. The topological polar surface area (TPSA) is 102 Å². The van der Waals surface area contributed by atoms with Crippen molar-refractivity contribution in [3.63, 3.8) is 0 Å². The minimum Gasteiger partial charge on any atom is -0.443 e. The number of nitrogens with zero attached hydrogens (tertiary/aromatic N) is 8. The van der Waals surface area contributed by atoms with E-state index in [-0.39, 0.29) is 0 Å². The van der Waals surface area contributed by atoms with Crippen molar-refractivity contribution in [1.82, 2.24) is 30.4 Å². The van der Waals surface area contributed by atoms with Crippen LogP contribution in [0.25, 0.3) is 11.4 Å². The van der Waals surface area contributed by atoms with Crippen LogP contribution in [-0.2, 0) is 4.74 Å². The Bertz CT molecular complexity index is 840. The molecule has 0 bridgehead atoms. The summed E-state index contributed by atoms with van der Waals surface area (Å²) < 4.78 is 5.39. The Kier molecular flexibility index (Phi) is 3.28. The Morgan fingerprint density at radius 3 is 2.35 bits per heavy atom. The molecular formula is C14H9N8O. The zero-order valence-electron chi connectivity index (χ0n) is 11.7. The van der Waals surface area contributed by atoms with Crippen molar-refractivity contribution in [2.45, 2.75) is 0 Å². The second-order valence-corrected chi connectivity index (χ2v) is 4.43. The first kappa shape index (κ1) is 13.2. The van der Waals surface area contributed by atoms with E-state index < -0.39 is 0 Å². The van der Waals surface area contributed by atoms with Crippen LogP contribution < -0.4 is 5.01 Å². The molecule has 0 unspecified atom stereocenters. The summed E-state index contributed by atoms with van der Waals surface area (Å²) in [7, 11) is 0. The van der Waals surface area contributed by atoms with Gasteiger partial charge in [0.25, 0.3) is 12.6 Å². The number of rotatable bonds is 3. The molecule has 0 aliphatic carbocycles. The van der Waals surface area contributed by atoms with Gasteiger partial charge in [0.15, 0.2) is 0 Å². The number of anilines is 1. The zero-order chi connectivity index (χ0) is 15.5. The van der Waals surface area contributed by atoms with Gasteiger partial charge in [0, 0.05) is 18.6 Å². The van der Waals surface area contributed by atoms with Crippen LogP contribution in [0.3, 0.4) is 0 Å². The molecule has 0 spiro atoms. The standard InChI is InChI=1S/C14H9N8O/c1-3-11(19-16-6-1)10-5-8-15-14(18-10)22-9-23-13(21-22)12-4-2-7-17-20-12/h1-9H. The van der Waals surface area contributed by atoms with E-state index in [0.29, 0.717) is 28.9 Å². The molecule has 0 fully saturated rings. The summed E-state index contributed by atoms with van der Waals surface area (Å²) in [5.41, 5.74) is 1.81. The van der Waals surface area contributed by atoms with Crippen molar-refractivity contribution in [2.24, 2.45) is 5.10 Å². The molecule has 0 saturated heterocycles. The van der Waals surface area contributed by atoms with Gasteiger partial charge in [0.2, 0.25) is 5.95 Å². The first-order valence-electron chi connectivity index (χ1n) is 6.67. The van der Waals surface area contributed by atoms with Gasteiger partial charge in [-0.3, -0.25) is 0 Å². The van der Waals surface area contributed by atoms with E-state index in [0.717, 1.165) is 0 Å². The normalized spacial score (nSPS) is 13.6. The predicted octanol–water partition coefficient (Wildman–Crippen LogP) is 1.04. The molecule has 1 radical (unpaired) electrons. The maximum atomic E-state index is 5.39. The second kappa shape index (κ2) is 5.72. The summed E-state index contributed by atoms with van der Waals surface area (Å²) in [6.45, 7) is 1.40. The minimum atomic E-state index is 0.326. The van der Waals surface area contributed by atoms with Gasteiger partial charge in [0.1, 0.15) is 11.4 Å². The van der Waals surface area contributed by atoms with Crippen molar-refractivity contribution < 1.29 is 4.74 Å². The van der Waals surface area contributed by atoms with Crippen molar-refractivity contribution in [3.05, 3.63) is 61.3 Å². The average molecular weight is 305 g/mol. The third-order valence-corrected chi connectivity index (χ3v) is 2.94. The molecule has 0 N–H and O–H groups in total. The quantitative estimate of drug-likeness (QED) is 0.707. The summed E-state index contributed by atoms with van der Waals surface area (Å²) in [6, 6.07) is 8.86. The van der Waals surface area contributed by atoms with Gasteiger partial charge in [-0.05, 0) is 30.3 Å². The molecular weight excluding hydrogens is 296 g/mol. The van der Waals surface area contributed by atoms with E-state index in [1.807, 2.05) is 6.07 Å². The molecule has 0 saturated carbocycles. The Morgan fingerprint density at radius 1 is 0.826 bits per heavy atom. The summed E-state index contributed by atoms with van der Waals surface area (Å²) in [5.74, 6) is 0.679. The van der Waals surface area contributed by atoms with Crippen LogP contribution in [0.4, 0.5) is 5.95 Å². The van der Waals surface area contributed by atoms with Crippen LogP contribution in [0.1, 0.15) is 5.69 Å². The second-order valence-electron chi connectivity index (χ2n) is 4.43. The van der Waals surface area contributed by atoms with Crippen molar-refractivity contribution in [2.75, 3.05) is 5.01 Å². The molecule has 0 amide bonds. The lowest BCUT2D eigenvalue weighted by Gasteiger charge is -2.08. The van der Waals surface area contributed by atoms with Gasteiger partial charge in [-0.25, -0.2) is 9.97 Å². The lowest BCUT2D eigenvalue weighted by molar-refractivity contribution is 0.416. The first-order chi connectivity index (χ1) is 11.4. The van der Waals surface area contributed by atoms with E-state index in [1.165, 1.54) is 11.7 Å². The lowest BCUT2D eigenvalue weighted by Crippen LogP contribution is -2.11. The molecule has 9 heteroatoms. The summed E-state index contributed by atoms with van der Waals surface area (Å²) in [6.07, 6.45) is 4.80. The Balaban J connectivity index is 1.63. The largest absolute Gasteiger partial charge is 0.443 e. The maximum Gasteiger partial charge on any atom is 0.261 e. The molecule has 1 aliphatic heterocycles. The van der Waals surface area contributed by atoms with Gasteiger partial charge in [-0.2, -0.15) is 15.2 Å². The molecule has 0 aromatic carbocycles. The fourth-order valence-electron chi connectivity index (χ4n) is 1.90. The van der Waals surface area contributed by atoms with Gasteiger partial charge < -0.3 is 4.74 Å². The fraction of sp³-hybridized carbons (Fsp3) is 0. The van der Waals surface area contributed by atoms with Crippen LogP contribution in [0.15, 0.2) is 54.0 Å². The fourth-order valence-corrected chi connectivity index (χ4v) is 1.90. The molecule has 1 aliphatic rings. The molecule has 3 aromatic rings. The van der Waals surface area contributed by atoms with Gasteiger partial charge in [-0.15, -0.1) is 15.3 Å². The molecule has 4 heterocycles. The molecule has 0 atom stereocenters. The molecule has 23 heavy (non-hydrogen) atoms. The highest BCUT2D eigenvalue weighted by molar-refractivity contribution is 5.94. The molecule has 3 aromatic heterocycles. The number of ether oxygens (including phenoxy) is 1. The van der Waals surface area contributed by atoms with Crippen molar-refractivity contribution >= 4 is 11.8 Å². The van der Waals surface area contributed by atoms with E-state index in [1.54, 1.807) is 42.9 Å². The van der Waals surface area contributed by atoms with Crippen LogP contribution in [-0.4, -0.2) is 36.3 Å². The SMILES string of the molecule is [CH]1OC(c2cccnn2)=NN1c1nccc(-c2cccnn2)n1. The lowest BCUT2D eigenvalue weighted by atomic mass is 10.3. The third kappa shape index (κ3) is 2.67. The highest BCUT2D eigenvalue weighted by Gasteiger charge is 2.23. The highest BCUT2D eigenvalue weighted by Crippen LogP contribution is 2.21. The summed E-state index contributed by atoms with van der Waals surface area (Å²) in [5, 5.41) is 21.3. The van der Waals surface area contributed by atoms with E-state index in [4.69, 9.17) is 4.74 Å². The number of aromatic nitrogens is 6. The number of hydrogen-bond donors (Lipinski definition) is 0. The highest BCUT2D eigenvalue weighted by atomic mass is 16.5. The Labute approximate surface area is 130 Å². The van der Waals surface area contributed by atoms with E-state index in [2.05, 4.69) is 35.5 Å². The predicted molar refractivity (Wildman–Crippen MR) is 79.5 cm³/mol. The molecule has 4 rings (SSSR count). The van der Waals surface area contributed by atoms with E-state index >= 15 is 0 Å². The van der Waals surface area contributed by atoms with Crippen LogP contribution >= 0.6 is 0 Å². The summed E-state index contributed by atoms with van der Waals surface area (Å²) in [4.78, 5) is 8.60. The van der Waals surface area contributed by atoms with Crippen LogP contribution in [0.5, 0.6) is 0 Å². The van der Waals surface area contributed by atoms with E-state index in [9.17, 15) is 0 Å². The Hall–Kier alpha value is -3.49. The van der Waals surface area contributed by atoms with Crippen molar-refractivity contribution in [3.8, 4) is 11.4 Å². The number of hydrogen-bond acceptors (Lipinski definition) is 9. The van der Waals surface area contributed by atoms with Crippen molar-refractivity contribution in [1.29, 1.82) is 0 Å². The summed E-state index contributed by atoms with van der Waals surface area (Å²) >= 11 is 0. The first-order valence-corrected chi connectivity index (χ1v) is 6.67. The van der Waals surface area contributed by atoms with Gasteiger partial charge in [-0.1, -0.05) is 0 Å². The minimum absolute atomic E-state index is 0.326. The Morgan fingerprint density at radius 2 is 1.61 bits per heavy atom. The zero-order valence-corrected chi connectivity index (χ0v) is 11.7. The third-order valence-electron chi connectivity index (χ3n) is 2.94.